The van der Waals surface area contributed by atoms with Crippen LogP contribution < -0.4 is 9.84 Å². The highest BCUT2D eigenvalue weighted by molar-refractivity contribution is 6.30. The molecule has 0 aliphatic heterocycles. The van der Waals surface area contributed by atoms with Crippen molar-refractivity contribution in [3.8, 4) is 5.75 Å². The molecule has 2 aromatic rings. The van der Waals surface area contributed by atoms with Crippen LogP contribution in [0.2, 0.25) is 5.02 Å². The van der Waals surface area contributed by atoms with Gasteiger partial charge in [0.15, 0.2) is 5.78 Å². The van der Waals surface area contributed by atoms with E-state index in [0.717, 1.165) is 11.1 Å². The molecule has 0 radical (unpaired) electrons. The predicted octanol–water partition coefficient (Wildman–Crippen LogP) is 3.19. The number of carbonyl (C=O) groups is 2. The number of carboxylic acid groups (broad SMARTS) is 1. The Balaban J connectivity index is 2.04. The fraction of sp³-hybridized carbons (Fsp3) is 0.300. The monoisotopic (exact) mass is 357 g/mol. The van der Waals surface area contributed by atoms with Crippen LogP contribution in [0.25, 0.3) is 0 Å². The zero-order chi connectivity index (χ0) is 18.1. The molecule has 3 rings (SSSR count). The van der Waals surface area contributed by atoms with Gasteiger partial charge in [0.05, 0.1) is 13.0 Å². The van der Waals surface area contributed by atoms with Crippen LogP contribution in [-0.2, 0) is 4.79 Å². The molecular weight excluding hydrogens is 340 g/mol. The molecule has 0 amide bonds. The third-order valence-electron chi connectivity index (χ3n) is 4.99. The van der Waals surface area contributed by atoms with Crippen LogP contribution in [0.15, 0.2) is 42.5 Å². The summed E-state index contributed by atoms with van der Waals surface area (Å²) in [4.78, 5) is 24.3. The molecular formula is C20H18ClO4-. The van der Waals surface area contributed by atoms with E-state index in [-0.39, 0.29) is 24.0 Å². The largest absolute Gasteiger partial charge is 0.550 e. The van der Waals surface area contributed by atoms with E-state index in [2.05, 4.69) is 0 Å². The van der Waals surface area contributed by atoms with Crippen LogP contribution >= 0.6 is 11.6 Å². The summed E-state index contributed by atoms with van der Waals surface area (Å²) in [6.07, 6.45) is -0.119. The van der Waals surface area contributed by atoms with Gasteiger partial charge in [-0.05, 0) is 65.8 Å². The first-order chi connectivity index (χ1) is 11.9. The fourth-order valence-electron chi connectivity index (χ4n) is 3.73. The standard InChI is InChI=1S/C20H19ClO4/c1-11-16(10-18(22)23)17-9-14(25-2)7-8-15(17)19(11)20(24)12-3-5-13(21)6-4-12/h3-9,11,16,19H,10H2,1-2H3,(H,22,23)/p-1. The zero-order valence-corrected chi connectivity index (χ0v) is 14.7. The minimum atomic E-state index is -1.12. The minimum Gasteiger partial charge on any atom is -0.550 e. The highest BCUT2D eigenvalue weighted by Crippen LogP contribution is 2.50. The van der Waals surface area contributed by atoms with E-state index < -0.39 is 11.9 Å². The van der Waals surface area contributed by atoms with Gasteiger partial charge in [0, 0.05) is 16.6 Å². The smallest absolute Gasteiger partial charge is 0.170 e. The van der Waals surface area contributed by atoms with Crippen LogP contribution in [0.5, 0.6) is 5.75 Å². The molecule has 0 saturated carbocycles. The molecule has 25 heavy (non-hydrogen) atoms. The number of carbonyl (C=O) groups excluding carboxylic acids is 2. The summed E-state index contributed by atoms with van der Waals surface area (Å²) in [6, 6.07) is 12.3. The highest BCUT2D eigenvalue weighted by atomic mass is 35.5. The van der Waals surface area contributed by atoms with E-state index in [1.165, 1.54) is 0 Å². The Kier molecular flexibility index (Phi) is 4.82. The van der Waals surface area contributed by atoms with Crippen LogP contribution in [-0.4, -0.2) is 18.9 Å². The van der Waals surface area contributed by atoms with Gasteiger partial charge in [0.25, 0.3) is 0 Å². The number of Topliss-reactive ketones (excluding diaryl/α,β-unsaturated/α-hetero) is 1. The van der Waals surface area contributed by atoms with Gasteiger partial charge in [-0.25, -0.2) is 0 Å². The molecule has 0 bridgehead atoms. The number of methoxy groups -OCH3 is 1. The zero-order valence-electron chi connectivity index (χ0n) is 14.0. The van der Waals surface area contributed by atoms with Crippen molar-refractivity contribution in [3.63, 3.8) is 0 Å². The molecule has 4 nitrogen and oxygen atoms in total. The molecule has 1 aliphatic carbocycles. The molecule has 0 N–H and O–H groups in total. The Hall–Kier alpha value is -2.33. The molecule has 1 aliphatic rings. The van der Waals surface area contributed by atoms with Crippen molar-refractivity contribution in [3.05, 3.63) is 64.2 Å². The summed E-state index contributed by atoms with van der Waals surface area (Å²) >= 11 is 5.90. The van der Waals surface area contributed by atoms with E-state index in [9.17, 15) is 14.7 Å². The van der Waals surface area contributed by atoms with Crippen molar-refractivity contribution in [2.24, 2.45) is 5.92 Å². The number of halogens is 1. The lowest BCUT2D eigenvalue weighted by molar-refractivity contribution is -0.306. The second-order valence-electron chi connectivity index (χ2n) is 6.39. The average Bonchev–Trinajstić information content (AvgIpc) is 2.86. The molecule has 0 saturated heterocycles. The van der Waals surface area contributed by atoms with E-state index in [4.69, 9.17) is 16.3 Å². The van der Waals surface area contributed by atoms with E-state index in [1.807, 2.05) is 19.1 Å². The molecule has 0 fully saturated rings. The van der Waals surface area contributed by atoms with Crippen molar-refractivity contribution in [1.82, 2.24) is 0 Å². The van der Waals surface area contributed by atoms with Gasteiger partial charge >= 0.3 is 0 Å². The van der Waals surface area contributed by atoms with Gasteiger partial charge in [-0.2, -0.15) is 0 Å². The number of ketones is 1. The molecule has 5 heteroatoms. The maximum Gasteiger partial charge on any atom is 0.170 e. The number of rotatable bonds is 5. The molecule has 130 valence electrons. The van der Waals surface area contributed by atoms with Gasteiger partial charge < -0.3 is 14.6 Å². The van der Waals surface area contributed by atoms with Crippen molar-refractivity contribution >= 4 is 23.4 Å². The Morgan fingerprint density at radius 1 is 1.12 bits per heavy atom. The molecule has 0 heterocycles. The predicted molar refractivity (Wildman–Crippen MR) is 93.0 cm³/mol. The van der Waals surface area contributed by atoms with E-state index in [0.29, 0.717) is 16.3 Å². The number of ether oxygens (including phenoxy) is 1. The third-order valence-corrected chi connectivity index (χ3v) is 5.24. The Labute approximate surface area is 151 Å². The maximum absolute atomic E-state index is 13.1. The summed E-state index contributed by atoms with van der Waals surface area (Å²) in [5, 5.41) is 11.8. The third kappa shape index (κ3) is 3.27. The van der Waals surface area contributed by atoms with Crippen molar-refractivity contribution in [2.45, 2.75) is 25.2 Å². The molecule has 0 aromatic heterocycles. The number of aliphatic carboxylic acids is 1. The van der Waals surface area contributed by atoms with Crippen molar-refractivity contribution in [2.75, 3.05) is 7.11 Å². The minimum absolute atomic E-state index is 0.0311. The Morgan fingerprint density at radius 3 is 2.40 bits per heavy atom. The highest BCUT2D eigenvalue weighted by Gasteiger charge is 2.42. The van der Waals surface area contributed by atoms with Gasteiger partial charge in [-0.1, -0.05) is 24.6 Å². The first-order valence-corrected chi connectivity index (χ1v) is 8.47. The van der Waals surface area contributed by atoms with Crippen molar-refractivity contribution in [1.29, 1.82) is 0 Å². The van der Waals surface area contributed by atoms with Crippen LogP contribution in [0, 0.1) is 5.92 Å². The second kappa shape index (κ2) is 6.89. The topological polar surface area (TPSA) is 66.4 Å². The summed E-state index contributed by atoms with van der Waals surface area (Å²) in [7, 11) is 1.56. The van der Waals surface area contributed by atoms with Gasteiger partial charge in [-0.3, -0.25) is 4.79 Å². The SMILES string of the molecule is COc1ccc2c(c1)C(CC(=O)[O-])C(C)C2C(=O)c1ccc(Cl)cc1. The van der Waals surface area contributed by atoms with Gasteiger partial charge in [0.2, 0.25) is 0 Å². The van der Waals surface area contributed by atoms with E-state index >= 15 is 0 Å². The number of benzene rings is 2. The Bertz CT molecular complexity index is 813. The quantitative estimate of drug-likeness (QED) is 0.771. The summed E-state index contributed by atoms with van der Waals surface area (Å²) in [5.74, 6) is -1.33. The first kappa shape index (κ1) is 17.5. The number of fused-ring (bicyclic) bond motifs is 1. The average molecular weight is 358 g/mol. The molecule has 3 atom stereocenters. The number of hydrogen-bond acceptors (Lipinski definition) is 4. The summed E-state index contributed by atoms with van der Waals surface area (Å²) in [5.41, 5.74) is 2.28. The van der Waals surface area contributed by atoms with Crippen LogP contribution in [0.3, 0.4) is 0 Å². The Morgan fingerprint density at radius 2 is 1.80 bits per heavy atom. The first-order valence-electron chi connectivity index (χ1n) is 8.09. The van der Waals surface area contributed by atoms with Crippen molar-refractivity contribution < 1.29 is 19.4 Å². The number of carboxylic acids is 1. The maximum atomic E-state index is 13.1. The van der Waals surface area contributed by atoms with Crippen LogP contribution in [0.1, 0.15) is 46.7 Å². The lowest BCUT2D eigenvalue weighted by Crippen LogP contribution is -2.26. The van der Waals surface area contributed by atoms with Gasteiger partial charge in [-0.15, -0.1) is 0 Å². The van der Waals surface area contributed by atoms with Crippen LogP contribution in [0.4, 0.5) is 0 Å². The number of hydrogen-bond donors (Lipinski definition) is 0. The molecule has 0 spiro atoms. The second-order valence-corrected chi connectivity index (χ2v) is 6.82. The lowest BCUT2D eigenvalue weighted by Gasteiger charge is -2.21. The lowest BCUT2D eigenvalue weighted by atomic mass is 9.82. The fourth-order valence-corrected chi connectivity index (χ4v) is 3.86. The normalized spacial score (nSPS) is 21.6. The van der Waals surface area contributed by atoms with Gasteiger partial charge in [0.1, 0.15) is 5.75 Å². The molecule has 2 aromatic carbocycles. The molecule has 3 unspecified atom stereocenters. The summed E-state index contributed by atoms with van der Waals surface area (Å²) < 4.78 is 5.26. The van der Waals surface area contributed by atoms with E-state index in [1.54, 1.807) is 37.4 Å². The summed E-state index contributed by atoms with van der Waals surface area (Å²) in [6.45, 7) is 1.92.